The van der Waals surface area contributed by atoms with Gasteiger partial charge in [0.1, 0.15) is 5.82 Å². The van der Waals surface area contributed by atoms with Crippen LogP contribution in [0.5, 0.6) is 0 Å². The smallest absolute Gasteiger partial charge is 0.191 e. The lowest BCUT2D eigenvalue weighted by atomic mass is 10.2. The van der Waals surface area contributed by atoms with E-state index in [1.54, 1.807) is 11.8 Å². The molecule has 1 aromatic heterocycles. The Morgan fingerprint density at radius 2 is 1.85 bits per heavy atom. The van der Waals surface area contributed by atoms with Crippen LogP contribution >= 0.6 is 11.8 Å². The molecule has 0 atom stereocenters. The highest BCUT2D eigenvalue weighted by Gasteiger charge is 2.13. The molecule has 0 saturated carbocycles. The number of benzene rings is 1. The first-order valence-electron chi connectivity index (χ1n) is 6.61. The van der Waals surface area contributed by atoms with Crippen molar-refractivity contribution in [2.24, 2.45) is 5.73 Å². The van der Waals surface area contributed by atoms with E-state index < -0.39 is 0 Å². The third kappa shape index (κ3) is 3.39. The zero-order valence-corrected chi connectivity index (χ0v) is 12.6. The lowest BCUT2D eigenvalue weighted by Crippen LogP contribution is -2.11. The largest absolute Gasteiger partial charge is 0.392 e. The lowest BCUT2D eigenvalue weighted by molar-refractivity contribution is 0.282. The second-order valence-corrected chi connectivity index (χ2v) is 5.77. The fourth-order valence-corrected chi connectivity index (χ4v) is 2.99. The molecule has 20 heavy (non-hydrogen) atoms. The molecule has 0 aliphatic rings. The van der Waals surface area contributed by atoms with Crippen molar-refractivity contribution in [3.63, 3.8) is 0 Å². The molecule has 0 amide bonds. The number of aliphatic hydroxyl groups is 1. The Morgan fingerprint density at radius 1 is 1.20 bits per heavy atom. The zero-order valence-electron chi connectivity index (χ0n) is 11.8. The van der Waals surface area contributed by atoms with Crippen LogP contribution in [0.15, 0.2) is 29.4 Å². The summed E-state index contributed by atoms with van der Waals surface area (Å²) < 4.78 is 2.08. The Morgan fingerprint density at radius 3 is 2.40 bits per heavy atom. The van der Waals surface area contributed by atoms with Crippen molar-refractivity contribution in [3.05, 3.63) is 41.2 Å². The van der Waals surface area contributed by atoms with Crippen LogP contribution in [-0.2, 0) is 18.9 Å². The van der Waals surface area contributed by atoms with Gasteiger partial charge in [-0.3, -0.25) is 0 Å². The quantitative estimate of drug-likeness (QED) is 0.797. The molecule has 5 nitrogen and oxygen atoms in total. The minimum absolute atomic E-state index is 0.0783. The highest BCUT2D eigenvalue weighted by Crippen LogP contribution is 2.25. The Labute approximate surface area is 123 Å². The van der Waals surface area contributed by atoms with E-state index in [2.05, 4.69) is 28.6 Å². The molecule has 0 radical (unpaired) electrons. The Balaban J connectivity index is 2.08. The van der Waals surface area contributed by atoms with E-state index in [0.29, 0.717) is 12.6 Å². The Bertz CT molecular complexity index is 551. The van der Waals surface area contributed by atoms with Gasteiger partial charge in [0.25, 0.3) is 0 Å². The third-order valence-electron chi connectivity index (χ3n) is 3.01. The molecule has 0 bridgehead atoms. The van der Waals surface area contributed by atoms with Gasteiger partial charge < -0.3 is 15.4 Å². The van der Waals surface area contributed by atoms with Crippen LogP contribution in [0.4, 0.5) is 0 Å². The standard InChI is InChI=1S/C14H20N4OS/c1-10(2)18-13(7-15)16-17-14(18)20-9-12-5-3-11(8-19)4-6-12/h3-6,10,19H,7-9,15H2,1-2H3. The summed E-state index contributed by atoms with van der Waals surface area (Å²) in [5.74, 6) is 1.64. The summed E-state index contributed by atoms with van der Waals surface area (Å²) in [7, 11) is 0. The van der Waals surface area contributed by atoms with E-state index in [-0.39, 0.29) is 6.61 Å². The van der Waals surface area contributed by atoms with E-state index >= 15 is 0 Å². The van der Waals surface area contributed by atoms with Gasteiger partial charge in [0.2, 0.25) is 0 Å². The number of hydrogen-bond acceptors (Lipinski definition) is 5. The summed E-state index contributed by atoms with van der Waals surface area (Å²) in [5, 5.41) is 18.3. The van der Waals surface area contributed by atoms with Gasteiger partial charge in [-0.1, -0.05) is 36.0 Å². The summed E-state index contributed by atoms with van der Waals surface area (Å²) in [5.41, 5.74) is 7.80. The van der Waals surface area contributed by atoms with Crippen LogP contribution < -0.4 is 5.73 Å². The molecule has 1 aromatic carbocycles. The molecule has 0 aliphatic carbocycles. The molecule has 6 heteroatoms. The average Bonchev–Trinajstić information content (AvgIpc) is 2.88. The van der Waals surface area contributed by atoms with Crippen molar-refractivity contribution in [3.8, 4) is 0 Å². The number of aromatic nitrogens is 3. The third-order valence-corrected chi connectivity index (χ3v) is 4.02. The highest BCUT2D eigenvalue weighted by atomic mass is 32.2. The van der Waals surface area contributed by atoms with E-state index in [4.69, 9.17) is 10.8 Å². The molecule has 0 aliphatic heterocycles. The maximum absolute atomic E-state index is 9.03. The van der Waals surface area contributed by atoms with Crippen LogP contribution in [0.3, 0.4) is 0 Å². The molecule has 0 unspecified atom stereocenters. The predicted molar refractivity (Wildman–Crippen MR) is 80.2 cm³/mol. The van der Waals surface area contributed by atoms with Gasteiger partial charge in [0.05, 0.1) is 13.2 Å². The molecule has 0 fully saturated rings. The van der Waals surface area contributed by atoms with Crippen LogP contribution in [0, 0.1) is 0 Å². The van der Waals surface area contributed by atoms with Crippen LogP contribution in [0.2, 0.25) is 0 Å². The van der Waals surface area contributed by atoms with Crippen molar-refractivity contribution < 1.29 is 5.11 Å². The predicted octanol–water partition coefficient (Wildman–Crippen LogP) is 2.10. The maximum Gasteiger partial charge on any atom is 0.191 e. The van der Waals surface area contributed by atoms with Gasteiger partial charge in [-0.15, -0.1) is 10.2 Å². The summed E-state index contributed by atoms with van der Waals surface area (Å²) in [6.45, 7) is 4.68. The summed E-state index contributed by atoms with van der Waals surface area (Å²) >= 11 is 1.65. The molecular weight excluding hydrogens is 272 g/mol. The number of thioether (sulfide) groups is 1. The topological polar surface area (TPSA) is 77.0 Å². The molecule has 1 heterocycles. The van der Waals surface area contributed by atoms with E-state index in [1.807, 2.05) is 24.3 Å². The second kappa shape index (κ2) is 6.88. The molecule has 0 spiro atoms. The number of nitrogens with zero attached hydrogens (tertiary/aromatic N) is 3. The molecule has 2 rings (SSSR count). The van der Waals surface area contributed by atoms with Gasteiger partial charge in [-0.25, -0.2) is 0 Å². The van der Waals surface area contributed by atoms with Crippen molar-refractivity contribution >= 4 is 11.8 Å². The minimum Gasteiger partial charge on any atom is -0.392 e. The molecule has 2 aromatic rings. The lowest BCUT2D eigenvalue weighted by Gasteiger charge is -2.12. The zero-order chi connectivity index (χ0) is 14.5. The first-order chi connectivity index (χ1) is 9.65. The molecular formula is C14H20N4OS. The van der Waals surface area contributed by atoms with Crippen LogP contribution in [0.25, 0.3) is 0 Å². The van der Waals surface area contributed by atoms with Crippen LogP contribution in [-0.4, -0.2) is 19.9 Å². The summed E-state index contributed by atoms with van der Waals surface area (Å²) in [6.07, 6.45) is 0. The van der Waals surface area contributed by atoms with Gasteiger partial charge in [0, 0.05) is 11.8 Å². The van der Waals surface area contributed by atoms with E-state index in [1.165, 1.54) is 5.56 Å². The Kier molecular flexibility index (Phi) is 5.17. The van der Waals surface area contributed by atoms with Crippen molar-refractivity contribution in [2.45, 2.75) is 44.0 Å². The number of nitrogens with two attached hydrogens (primary N) is 1. The number of aliphatic hydroxyl groups excluding tert-OH is 1. The molecule has 0 saturated heterocycles. The van der Waals surface area contributed by atoms with Crippen molar-refractivity contribution in [1.82, 2.24) is 14.8 Å². The van der Waals surface area contributed by atoms with Gasteiger partial charge in [0.15, 0.2) is 5.16 Å². The summed E-state index contributed by atoms with van der Waals surface area (Å²) in [6, 6.07) is 8.22. The normalized spacial score (nSPS) is 11.2. The number of hydrogen-bond donors (Lipinski definition) is 2. The van der Waals surface area contributed by atoms with E-state index in [9.17, 15) is 0 Å². The fourth-order valence-electron chi connectivity index (χ4n) is 1.95. The maximum atomic E-state index is 9.03. The fraction of sp³-hybridized carbons (Fsp3) is 0.429. The second-order valence-electron chi connectivity index (χ2n) is 4.83. The first-order valence-corrected chi connectivity index (χ1v) is 7.59. The molecule has 3 N–H and O–H groups in total. The summed E-state index contributed by atoms with van der Waals surface area (Å²) in [4.78, 5) is 0. The highest BCUT2D eigenvalue weighted by molar-refractivity contribution is 7.98. The van der Waals surface area contributed by atoms with Crippen LogP contribution in [0.1, 0.15) is 36.8 Å². The Hall–Kier alpha value is -1.37. The average molecular weight is 292 g/mol. The minimum atomic E-state index is 0.0783. The number of rotatable bonds is 6. The van der Waals surface area contributed by atoms with E-state index in [0.717, 1.165) is 22.3 Å². The van der Waals surface area contributed by atoms with Crippen molar-refractivity contribution in [1.29, 1.82) is 0 Å². The molecule has 108 valence electrons. The van der Waals surface area contributed by atoms with Gasteiger partial charge in [-0.05, 0) is 25.0 Å². The first kappa shape index (κ1) is 15.0. The van der Waals surface area contributed by atoms with Crippen molar-refractivity contribution in [2.75, 3.05) is 0 Å². The monoisotopic (exact) mass is 292 g/mol. The SMILES string of the molecule is CC(C)n1c(CN)nnc1SCc1ccc(CO)cc1. The van der Waals surface area contributed by atoms with Gasteiger partial charge in [-0.2, -0.15) is 0 Å². The van der Waals surface area contributed by atoms with Gasteiger partial charge >= 0.3 is 0 Å².